The molecule has 0 unspecified atom stereocenters. The topological polar surface area (TPSA) is 137 Å². The Morgan fingerprint density at radius 1 is 0.833 bits per heavy atom. The van der Waals surface area contributed by atoms with Crippen molar-refractivity contribution in [1.29, 1.82) is 0 Å². The first-order valence-corrected chi connectivity index (χ1v) is 10.1. The van der Waals surface area contributed by atoms with Gasteiger partial charge in [0.2, 0.25) is 0 Å². The van der Waals surface area contributed by atoms with E-state index in [1.165, 1.54) is 12.1 Å². The van der Waals surface area contributed by atoms with E-state index in [0.717, 1.165) is 6.07 Å². The van der Waals surface area contributed by atoms with E-state index >= 15 is 0 Å². The van der Waals surface area contributed by atoms with E-state index in [1.807, 2.05) is 0 Å². The number of carboxylic acid groups (broad SMARTS) is 1. The Labute approximate surface area is 170 Å². The van der Waals surface area contributed by atoms with E-state index in [1.54, 1.807) is 48.5 Å². The fourth-order valence-corrected chi connectivity index (χ4v) is 4.15. The standard InChI is InChI=1S/C21H14N2O6S/c24-18-11-16(21(25)26)14-7-3-4-8-15(14)19(18)23-22-17-10-9-12-5-1-2-6-13(12)20(17)30(27,28)29/h1-11,24H,(H,25,26)(H,27,28,29). The third-order valence-electron chi connectivity index (χ3n) is 4.60. The zero-order valence-electron chi connectivity index (χ0n) is 15.2. The number of benzene rings is 4. The minimum atomic E-state index is -4.63. The van der Waals surface area contributed by atoms with Crippen LogP contribution in [0.25, 0.3) is 21.5 Å². The van der Waals surface area contributed by atoms with Gasteiger partial charge in [0, 0.05) is 10.8 Å². The van der Waals surface area contributed by atoms with Crippen LogP contribution >= 0.6 is 0 Å². The second-order valence-corrected chi connectivity index (χ2v) is 7.81. The third kappa shape index (κ3) is 3.36. The number of rotatable bonds is 4. The van der Waals surface area contributed by atoms with Gasteiger partial charge in [-0.2, -0.15) is 8.42 Å². The molecule has 0 aromatic heterocycles. The van der Waals surface area contributed by atoms with Crippen LogP contribution in [-0.4, -0.2) is 29.2 Å². The zero-order valence-corrected chi connectivity index (χ0v) is 16.0. The van der Waals surface area contributed by atoms with Gasteiger partial charge < -0.3 is 10.2 Å². The molecule has 9 heteroatoms. The number of carbonyl (C=O) groups is 1. The van der Waals surface area contributed by atoms with E-state index in [-0.39, 0.29) is 22.3 Å². The van der Waals surface area contributed by atoms with Crippen molar-refractivity contribution in [1.82, 2.24) is 0 Å². The summed E-state index contributed by atoms with van der Waals surface area (Å²) in [5.74, 6) is -1.64. The van der Waals surface area contributed by atoms with Gasteiger partial charge in [0.15, 0.2) is 0 Å². The maximum atomic E-state index is 12.0. The summed E-state index contributed by atoms with van der Waals surface area (Å²) in [6.07, 6.45) is 0. The van der Waals surface area contributed by atoms with Gasteiger partial charge in [0.05, 0.1) is 5.56 Å². The summed E-state index contributed by atoms with van der Waals surface area (Å²) in [6.45, 7) is 0. The van der Waals surface area contributed by atoms with Crippen LogP contribution in [0.3, 0.4) is 0 Å². The minimum absolute atomic E-state index is 0.0231. The lowest BCUT2D eigenvalue weighted by Crippen LogP contribution is -1.99. The highest BCUT2D eigenvalue weighted by Crippen LogP contribution is 2.40. The van der Waals surface area contributed by atoms with Crippen molar-refractivity contribution in [3.05, 3.63) is 72.3 Å². The number of hydrogen-bond acceptors (Lipinski definition) is 6. The fraction of sp³-hybridized carbons (Fsp3) is 0. The highest BCUT2D eigenvalue weighted by atomic mass is 32.2. The molecule has 0 bridgehead atoms. The maximum Gasteiger partial charge on any atom is 0.336 e. The number of phenolic OH excluding ortho intramolecular Hbond substituents is 1. The first-order chi connectivity index (χ1) is 14.3. The second kappa shape index (κ2) is 7.21. The lowest BCUT2D eigenvalue weighted by molar-refractivity contribution is 0.0698. The number of aromatic hydroxyl groups is 1. The number of carboxylic acids is 1. The average Bonchev–Trinajstić information content (AvgIpc) is 2.71. The molecule has 0 saturated carbocycles. The van der Waals surface area contributed by atoms with Crippen molar-refractivity contribution >= 4 is 49.0 Å². The normalized spacial score (nSPS) is 12.0. The molecule has 0 atom stereocenters. The highest BCUT2D eigenvalue weighted by molar-refractivity contribution is 7.86. The van der Waals surface area contributed by atoms with Gasteiger partial charge in [0.25, 0.3) is 10.1 Å². The van der Waals surface area contributed by atoms with Crippen molar-refractivity contribution < 1.29 is 28.0 Å². The van der Waals surface area contributed by atoms with E-state index in [9.17, 15) is 28.0 Å². The Morgan fingerprint density at radius 3 is 2.13 bits per heavy atom. The summed E-state index contributed by atoms with van der Waals surface area (Å²) >= 11 is 0. The van der Waals surface area contributed by atoms with Gasteiger partial charge in [-0.05, 0) is 22.9 Å². The summed E-state index contributed by atoms with van der Waals surface area (Å²) in [6, 6.07) is 17.1. The van der Waals surface area contributed by atoms with Gasteiger partial charge in [-0.3, -0.25) is 4.55 Å². The molecule has 0 aliphatic rings. The number of phenols is 1. The van der Waals surface area contributed by atoms with E-state index in [4.69, 9.17) is 0 Å². The Hall–Kier alpha value is -3.82. The van der Waals surface area contributed by atoms with Crippen molar-refractivity contribution in [3.8, 4) is 5.75 Å². The molecular weight excluding hydrogens is 408 g/mol. The van der Waals surface area contributed by atoms with Crippen LogP contribution in [-0.2, 0) is 10.1 Å². The molecule has 0 spiro atoms. The molecule has 3 N–H and O–H groups in total. The predicted octanol–water partition coefficient (Wildman–Crippen LogP) is 5.06. The Morgan fingerprint density at radius 2 is 1.47 bits per heavy atom. The lowest BCUT2D eigenvalue weighted by atomic mass is 10.0. The van der Waals surface area contributed by atoms with Crippen LogP contribution in [0.4, 0.5) is 11.4 Å². The molecule has 30 heavy (non-hydrogen) atoms. The van der Waals surface area contributed by atoms with Gasteiger partial charge in [0.1, 0.15) is 22.0 Å². The first-order valence-electron chi connectivity index (χ1n) is 8.66. The number of azo groups is 1. The average molecular weight is 422 g/mol. The fourth-order valence-electron chi connectivity index (χ4n) is 3.31. The molecule has 0 heterocycles. The van der Waals surface area contributed by atoms with Crippen molar-refractivity contribution in [2.75, 3.05) is 0 Å². The molecule has 0 aliphatic heterocycles. The predicted molar refractivity (Wildman–Crippen MR) is 111 cm³/mol. The molecule has 0 saturated heterocycles. The molecule has 0 fully saturated rings. The summed E-state index contributed by atoms with van der Waals surface area (Å²) in [7, 11) is -4.63. The van der Waals surface area contributed by atoms with Gasteiger partial charge in [-0.15, -0.1) is 10.2 Å². The number of fused-ring (bicyclic) bond motifs is 2. The minimum Gasteiger partial charge on any atom is -0.506 e. The van der Waals surface area contributed by atoms with Crippen molar-refractivity contribution in [3.63, 3.8) is 0 Å². The Bertz CT molecular complexity index is 1460. The molecule has 0 aliphatic carbocycles. The molecule has 4 aromatic rings. The van der Waals surface area contributed by atoms with E-state index in [0.29, 0.717) is 16.2 Å². The SMILES string of the molecule is O=C(O)c1cc(O)c(N=Nc2ccc3ccccc3c2S(=O)(=O)O)c2ccccc12. The molecule has 4 rings (SSSR count). The van der Waals surface area contributed by atoms with Crippen LogP contribution in [0.15, 0.2) is 81.9 Å². The molecule has 0 radical (unpaired) electrons. The largest absolute Gasteiger partial charge is 0.506 e. The number of hydrogen-bond donors (Lipinski definition) is 3. The zero-order chi connectivity index (χ0) is 21.5. The Balaban J connectivity index is 1.95. The first kappa shape index (κ1) is 19.5. The van der Waals surface area contributed by atoms with Crippen LogP contribution in [0, 0.1) is 0 Å². The van der Waals surface area contributed by atoms with Gasteiger partial charge in [-0.25, -0.2) is 4.79 Å². The lowest BCUT2D eigenvalue weighted by Gasteiger charge is -2.09. The number of aromatic carboxylic acids is 1. The molecule has 8 nitrogen and oxygen atoms in total. The second-order valence-electron chi connectivity index (χ2n) is 6.45. The molecule has 150 valence electrons. The summed E-state index contributed by atoms with van der Waals surface area (Å²) in [5, 5.41) is 29.2. The van der Waals surface area contributed by atoms with Gasteiger partial charge >= 0.3 is 5.97 Å². The summed E-state index contributed by atoms with van der Waals surface area (Å²) in [5.41, 5.74) is -0.251. The monoisotopic (exact) mass is 422 g/mol. The smallest absolute Gasteiger partial charge is 0.336 e. The van der Waals surface area contributed by atoms with E-state index < -0.39 is 26.7 Å². The van der Waals surface area contributed by atoms with Gasteiger partial charge in [-0.1, -0.05) is 54.6 Å². The molecule has 4 aromatic carbocycles. The maximum absolute atomic E-state index is 12.0. The molecular formula is C21H14N2O6S. The van der Waals surface area contributed by atoms with Crippen molar-refractivity contribution in [2.24, 2.45) is 10.2 Å². The third-order valence-corrected chi connectivity index (χ3v) is 5.55. The summed E-state index contributed by atoms with van der Waals surface area (Å²) < 4.78 is 33.8. The van der Waals surface area contributed by atoms with Crippen LogP contribution < -0.4 is 0 Å². The van der Waals surface area contributed by atoms with Crippen LogP contribution in [0.5, 0.6) is 5.75 Å². The van der Waals surface area contributed by atoms with Crippen molar-refractivity contribution in [2.45, 2.75) is 4.90 Å². The quantitative estimate of drug-likeness (QED) is 0.311. The van der Waals surface area contributed by atoms with E-state index in [2.05, 4.69) is 10.2 Å². The highest BCUT2D eigenvalue weighted by Gasteiger charge is 2.20. The van der Waals surface area contributed by atoms with Crippen LogP contribution in [0.1, 0.15) is 10.4 Å². The Kier molecular flexibility index (Phi) is 4.69. The van der Waals surface area contributed by atoms with Crippen LogP contribution in [0.2, 0.25) is 0 Å². The number of nitrogens with zero attached hydrogens (tertiary/aromatic N) is 2. The molecule has 0 amide bonds. The summed E-state index contributed by atoms with van der Waals surface area (Å²) in [4.78, 5) is 11.1.